The number of hydrogen-bond acceptors (Lipinski definition) is 4. The zero-order chi connectivity index (χ0) is 34.2. The monoisotopic (exact) mass is 658 g/mol. The summed E-state index contributed by atoms with van der Waals surface area (Å²) in [5.41, 5.74) is 2.80. The maximum atomic E-state index is 11.8. The van der Waals surface area contributed by atoms with Crippen molar-refractivity contribution in [1.82, 2.24) is 0 Å². The Bertz CT molecular complexity index is 1070. The second-order valence-electron chi connectivity index (χ2n) is 17.3. The first-order valence-electron chi connectivity index (χ1n) is 17.9. The van der Waals surface area contributed by atoms with Gasteiger partial charge in [-0.25, -0.2) is 0 Å². The molecule has 0 unspecified atom stereocenters. The van der Waals surface area contributed by atoms with E-state index in [0.29, 0.717) is 36.7 Å². The molecule has 0 aromatic carbocycles. The van der Waals surface area contributed by atoms with Crippen LogP contribution in [0.2, 0.25) is 36.3 Å². The summed E-state index contributed by atoms with van der Waals surface area (Å²) >= 11 is 0. The normalized spacial score (nSPS) is 24.2. The molecule has 0 saturated heterocycles. The molecule has 1 fully saturated rings. The second-order valence-corrected chi connectivity index (χ2v) is 26.8. The number of ether oxygens (including phenoxy) is 1. The second kappa shape index (κ2) is 16.7. The summed E-state index contributed by atoms with van der Waals surface area (Å²) in [6, 6.07) is 0. The number of fused-ring (bicyclic) bond motifs is 1. The lowest BCUT2D eigenvalue weighted by Gasteiger charge is -2.40. The van der Waals surface area contributed by atoms with Crippen LogP contribution in [0, 0.1) is 23.7 Å². The number of carbonyl (C=O) groups excluding carboxylic acids is 1. The van der Waals surface area contributed by atoms with Crippen molar-refractivity contribution in [2.45, 2.75) is 163 Å². The molecule has 2 rings (SSSR count). The predicted molar refractivity (Wildman–Crippen MR) is 199 cm³/mol. The Balaban J connectivity index is 2.32. The van der Waals surface area contributed by atoms with Gasteiger partial charge in [-0.1, -0.05) is 96.1 Å². The fraction of sp³-hybridized carbons (Fsp3) is 0.769. The van der Waals surface area contributed by atoms with Gasteiger partial charge in [-0.15, -0.1) is 0 Å². The average Bonchev–Trinajstić information content (AvgIpc) is 3.40. The Hall–Kier alpha value is -1.22. The van der Waals surface area contributed by atoms with Gasteiger partial charge < -0.3 is 13.6 Å². The minimum Gasteiger partial charge on any atom is -0.466 e. The van der Waals surface area contributed by atoms with Crippen LogP contribution in [0.25, 0.3) is 0 Å². The maximum Gasteiger partial charge on any atom is 0.306 e. The molecule has 2 aliphatic carbocycles. The predicted octanol–water partition coefficient (Wildman–Crippen LogP) is 11.6. The number of esters is 1. The highest BCUT2D eigenvalue weighted by Crippen LogP contribution is 2.51. The molecule has 0 aromatic heterocycles. The van der Waals surface area contributed by atoms with Crippen molar-refractivity contribution in [2.75, 3.05) is 6.61 Å². The molecule has 6 heteroatoms. The molecule has 0 radical (unpaired) electrons. The first kappa shape index (κ1) is 40.0. The zero-order valence-corrected chi connectivity index (χ0v) is 33.7. The van der Waals surface area contributed by atoms with E-state index in [1.165, 1.54) is 17.6 Å². The number of rotatable bonds is 16. The summed E-state index contributed by atoms with van der Waals surface area (Å²) in [6.45, 7) is 32.7. The van der Waals surface area contributed by atoms with Crippen LogP contribution in [0.5, 0.6) is 0 Å². The Labute approximate surface area is 280 Å². The highest BCUT2D eigenvalue weighted by molar-refractivity contribution is 6.74. The van der Waals surface area contributed by atoms with Crippen molar-refractivity contribution >= 4 is 22.6 Å². The van der Waals surface area contributed by atoms with E-state index in [1.807, 2.05) is 6.92 Å². The fourth-order valence-corrected chi connectivity index (χ4v) is 8.79. The van der Waals surface area contributed by atoms with Crippen molar-refractivity contribution in [3.05, 3.63) is 47.6 Å². The van der Waals surface area contributed by atoms with Crippen LogP contribution in [-0.4, -0.2) is 41.4 Å². The summed E-state index contributed by atoms with van der Waals surface area (Å²) in [6.07, 6.45) is 21.3. The third-order valence-electron chi connectivity index (χ3n) is 10.9. The lowest BCUT2D eigenvalue weighted by molar-refractivity contribution is -0.143. The number of carbonyl (C=O) groups is 1. The van der Waals surface area contributed by atoms with Crippen molar-refractivity contribution in [1.29, 1.82) is 0 Å². The topological polar surface area (TPSA) is 44.8 Å². The van der Waals surface area contributed by atoms with Crippen LogP contribution < -0.4 is 0 Å². The lowest BCUT2D eigenvalue weighted by atomic mass is 9.88. The van der Waals surface area contributed by atoms with Gasteiger partial charge >= 0.3 is 5.97 Å². The zero-order valence-electron chi connectivity index (χ0n) is 31.7. The Morgan fingerprint density at radius 1 is 1.02 bits per heavy atom. The van der Waals surface area contributed by atoms with E-state index in [-0.39, 0.29) is 28.3 Å². The molecule has 0 aliphatic heterocycles. The van der Waals surface area contributed by atoms with E-state index >= 15 is 0 Å². The summed E-state index contributed by atoms with van der Waals surface area (Å²) < 4.78 is 19.4. The molecular formula is C39H70O4Si2. The third kappa shape index (κ3) is 12.4. The van der Waals surface area contributed by atoms with Gasteiger partial charge in [0, 0.05) is 12.3 Å². The summed E-state index contributed by atoms with van der Waals surface area (Å²) in [7, 11) is -3.88. The fourth-order valence-electron chi connectivity index (χ4n) is 6.14. The standard InChI is InChI=1S/C39H70O4Si2/c1-15-41-37(40)22-17-16-21-31-26-32-28-36(43-45(13,14)39(8,9)10)34(35(32)27-31)24-23-33(42-44(11,12)38(5,6)7)25-30(4)20-18-19-29(2)3/h16,19,21,23-24,26,30,32-36H,15,17-18,20,22,25,27-28H2,1-14H3/b21-16?,24-23-/t30-,32+,33-,34+,35+,36-/m1/s1. The van der Waals surface area contributed by atoms with E-state index in [0.717, 1.165) is 32.1 Å². The van der Waals surface area contributed by atoms with Gasteiger partial charge in [-0.05, 0) is 113 Å². The van der Waals surface area contributed by atoms with Crippen molar-refractivity contribution in [3.63, 3.8) is 0 Å². The molecule has 0 amide bonds. The highest BCUT2D eigenvalue weighted by Gasteiger charge is 2.48. The first-order valence-corrected chi connectivity index (χ1v) is 23.7. The molecule has 1 saturated carbocycles. The van der Waals surface area contributed by atoms with Gasteiger partial charge in [0.1, 0.15) is 0 Å². The molecule has 2 aliphatic rings. The van der Waals surface area contributed by atoms with Gasteiger partial charge in [0.15, 0.2) is 16.6 Å². The first-order chi connectivity index (χ1) is 20.7. The van der Waals surface area contributed by atoms with Crippen molar-refractivity contribution < 1.29 is 18.4 Å². The van der Waals surface area contributed by atoms with Crippen molar-refractivity contribution in [3.8, 4) is 0 Å². The van der Waals surface area contributed by atoms with Crippen LogP contribution in [0.15, 0.2) is 47.6 Å². The molecule has 258 valence electrons. The van der Waals surface area contributed by atoms with Gasteiger partial charge in [0.25, 0.3) is 0 Å². The Morgan fingerprint density at radius 2 is 1.67 bits per heavy atom. The largest absolute Gasteiger partial charge is 0.466 e. The summed E-state index contributed by atoms with van der Waals surface area (Å²) in [5, 5.41) is 0.344. The van der Waals surface area contributed by atoms with E-state index in [4.69, 9.17) is 13.6 Å². The minimum absolute atomic E-state index is 0.115. The van der Waals surface area contributed by atoms with Gasteiger partial charge in [-0.3, -0.25) is 4.79 Å². The number of hydrogen-bond donors (Lipinski definition) is 0. The lowest BCUT2D eigenvalue weighted by Crippen LogP contribution is -2.45. The van der Waals surface area contributed by atoms with Crippen LogP contribution in [0.4, 0.5) is 0 Å². The Kier molecular flexibility index (Phi) is 14.9. The molecule has 0 heterocycles. The molecule has 4 nitrogen and oxygen atoms in total. The van der Waals surface area contributed by atoms with Gasteiger partial charge in [-0.2, -0.15) is 0 Å². The molecule has 0 aromatic rings. The molecular weight excluding hydrogens is 589 g/mol. The average molecular weight is 659 g/mol. The molecule has 0 spiro atoms. The van der Waals surface area contributed by atoms with Crippen LogP contribution >= 0.6 is 0 Å². The van der Waals surface area contributed by atoms with E-state index in [2.05, 4.69) is 125 Å². The minimum atomic E-state index is -1.95. The van der Waals surface area contributed by atoms with Gasteiger partial charge in [0.2, 0.25) is 0 Å². The molecule has 0 N–H and O–H groups in total. The SMILES string of the molecule is CCOC(=O)CCC=CC1=C[C@H]2C[C@@H](O[Si](C)(C)C(C)(C)C)[C@@H](/C=C\[C@H](C[C@H](C)CCC=C(C)C)O[Si](C)(C)C(C)(C)C)[C@H]2C1. The van der Waals surface area contributed by atoms with Crippen LogP contribution in [0.3, 0.4) is 0 Å². The van der Waals surface area contributed by atoms with Crippen LogP contribution in [0.1, 0.15) is 114 Å². The summed E-state index contributed by atoms with van der Waals surface area (Å²) in [5.74, 6) is 1.93. The summed E-state index contributed by atoms with van der Waals surface area (Å²) in [4.78, 5) is 11.8. The quantitative estimate of drug-likeness (QED) is 0.0940. The molecule has 45 heavy (non-hydrogen) atoms. The van der Waals surface area contributed by atoms with E-state index in [1.54, 1.807) is 0 Å². The van der Waals surface area contributed by atoms with E-state index in [9.17, 15) is 4.79 Å². The number of allylic oxidation sites excluding steroid dienone is 6. The van der Waals surface area contributed by atoms with E-state index < -0.39 is 16.6 Å². The Morgan fingerprint density at radius 3 is 2.24 bits per heavy atom. The third-order valence-corrected chi connectivity index (χ3v) is 19.9. The van der Waals surface area contributed by atoms with Crippen LogP contribution in [-0.2, 0) is 18.4 Å². The smallest absolute Gasteiger partial charge is 0.306 e. The van der Waals surface area contributed by atoms with Crippen molar-refractivity contribution in [2.24, 2.45) is 23.7 Å². The highest BCUT2D eigenvalue weighted by atomic mass is 28.4. The molecule has 0 bridgehead atoms. The van der Waals surface area contributed by atoms with Gasteiger partial charge in [0.05, 0.1) is 18.8 Å². The maximum absolute atomic E-state index is 11.8. The molecule has 6 atom stereocenters.